The van der Waals surface area contributed by atoms with Crippen LogP contribution < -0.4 is 21.1 Å². The molecule has 0 amide bonds. The van der Waals surface area contributed by atoms with Crippen LogP contribution in [0.4, 0.5) is 10.1 Å². The number of nitrogens with zero attached hydrogens (tertiary/aromatic N) is 5. The van der Waals surface area contributed by atoms with Crippen LogP contribution in [-0.4, -0.2) is 36.1 Å². The lowest BCUT2D eigenvalue weighted by Crippen LogP contribution is -2.22. The van der Waals surface area contributed by atoms with E-state index in [1.165, 1.54) is 12.1 Å². The number of amidine groups is 1. The number of aliphatic imine (C=N–C) groups is 2. The quantitative estimate of drug-likeness (QED) is 0.473. The summed E-state index contributed by atoms with van der Waals surface area (Å²) in [6.45, 7) is 3.81. The first kappa shape index (κ1) is 20.5. The van der Waals surface area contributed by atoms with E-state index >= 15 is 0 Å². The van der Waals surface area contributed by atoms with Crippen LogP contribution in [0.2, 0.25) is 0 Å². The fraction of sp³-hybridized carbons (Fsp3) is 0.100. The molecule has 0 aliphatic rings. The molecule has 0 aliphatic carbocycles. The number of ether oxygens (including phenoxy) is 1. The highest BCUT2D eigenvalue weighted by atomic mass is 19.1. The zero-order valence-electron chi connectivity index (χ0n) is 16.4. The highest BCUT2D eigenvalue weighted by molar-refractivity contribution is 6.02. The summed E-state index contributed by atoms with van der Waals surface area (Å²) in [6, 6.07) is 13.1. The fourth-order valence-electron chi connectivity index (χ4n) is 2.44. The molecule has 0 bridgehead atoms. The molecule has 0 spiro atoms. The number of nitrogens with two attached hydrogens (primary N) is 2. The normalized spacial score (nSPS) is 12.0. The molecule has 0 saturated heterocycles. The van der Waals surface area contributed by atoms with Gasteiger partial charge in [-0.15, -0.1) is 0 Å². The van der Waals surface area contributed by atoms with E-state index in [1.54, 1.807) is 55.5 Å². The van der Waals surface area contributed by atoms with Crippen molar-refractivity contribution in [2.24, 2.45) is 21.5 Å². The van der Waals surface area contributed by atoms with E-state index < -0.39 is 0 Å². The van der Waals surface area contributed by atoms with Gasteiger partial charge in [-0.05, 0) is 36.4 Å². The van der Waals surface area contributed by atoms with Gasteiger partial charge in [-0.1, -0.05) is 23.9 Å². The number of halogens is 1. The van der Waals surface area contributed by atoms with Crippen molar-refractivity contribution in [1.29, 1.82) is 0 Å². The fourth-order valence-corrected chi connectivity index (χ4v) is 2.44. The first-order chi connectivity index (χ1) is 14.4. The van der Waals surface area contributed by atoms with Gasteiger partial charge in [-0.2, -0.15) is 15.0 Å². The summed E-state index contributed by atoms with van der Waals surface area (Å²) in [7, 11) is 3.23. The highest BCUT2D eigenvalue weighted by Crippen LogP contribution is 2.22. The van der Waals surface area contributed by atoms with Crippen LogP contribution >= 0.6 is 0 Å². The Bertz CT molecular complexity index is 1120. The minimum absolute atomic E-state index is 0.0510. The topological polar surface area (TPSA) is 128 Å². The van der Waals surface area contributed by atoms with Crippen molar-refractivity contribution < 1.29 is 13.7 Å². The molecule has 4 N–H and O–H groups in total. The molecule has 0 unspecified atom stereocenters. The molecule has 3 rings (SSSR count). The zero-order valence-corrected chi connectivity index (χ0v) is 16.4. The molecular weight excluding hydrogens is 389 g/mol. The minimum atomic E-state index is -0.379. The lowest BCUT2D eigenvalue weighted by atomic mass is 10.2. The Kier molecular flexibility index (Phi) is 6.06. The van der Waals surface area contributed by atoms with Crippen molar-refractivity contribution >= 4 is 17.5 Å². The van der Waals surface area contributed by atoms with Gasteiger partial charge in [-0.3, -0.25) is 0 Å². The first-order valence-electron chi connectivity index (χ1n) is 8.72. The Morgan fingerprint density at radius 1 is 1.17 bits per heavy atom. The Morgan fingerprint density at radius 2 is 1.93 bits per heavy atom. The van der Waals surface area contributed by atoms with Crippen LogP contribution in [0.1, 0.15) is 5.82 Å². The molecule has 0 saturated carbocycles. The maximum atomic E-state index is 13.4. The molecule has 30 heavy (non-hydrogen) atoms. The van der Waals surface area contributed by atoms with Gasteiger partial charge in [-0.25, -0.2) is 4.39 Å². The van der Waals surface area contributed by atoms with E-state index in [9.17, 15) is 4.39 Å². The third-order valence-electron chi connectivity index (χ3n) is 4.03. The lowest BCUT2D eigenvalue weighted by Gasteiger charge is -2.18. The maximum absolute atomic E-state index is 13.4. The molecular formula is C20H20FN7O2. The smallest absolute Gasteiger partial charge is 0.258 e. The van der Waals surface area contributed by atoms with E-state index in [0.29, 0.717) is 17.0 Å². The second-order valence-corrected chi connectivity index (χ2v) is 6.08. The number of aromatic nitrogens is 2. The molecule has 154 valence electrons. The highest BCUT2D eigenvalue weighted by Gasteiger charge is 2.13. The summed E-state index contributed by atoms with van der Waals surface area (Å²) in [5, 5.41) is 3.80. The van der Waals surface area contributed by atoms with Gasteiger partial charge in [0.25, 0.3) is 5.89 Å². The van der Waals surface area contributed by atoms with Crippen LogP contribution in [0, 0.1) is 5.82 Å². The number of methoxy groups -OCH3 is 1. The SMILES string of the molecule is C=C(/N=C(N)\N=C(/N)c1noc(-c2cccc(OC)c2)n1)N(C)c1cccc(F)c1. The Labute approximate surface area is 172 Å². The molecule has 1 heterocycles. The summed E-state index contributed by atoms with van der Waals surface area (Å²) in [5.74, 6) is 0.535. The van der Waals surface area contributed by atoms with Crippen molar-refractivity contribution in [3.05, 3.63) is 72.6 Å². The second-order valence-electron chi connectivity index (χ2n) is 6.08. The van der Waals surface area contributed by atoms with Crippen molar-refractivity contribution in [3.63, 3.8) is 0 Å². The van der Waals surface area contributed by atoms with Gasteiger partial charge in [0.2, 0.25) is 11.8 Å². The third kappa shape index (κ3) is 4.79. The van der Waals surface area contributed by atoms with Crippen molar-refractivity contribution in [1.82, 2.24) is 10.1 Å². The molecule has 0 atom stereocenters. The van der Waals surface area contributed by atoms with Gasteiger partial charge in [0, 0.05) is 18.3 Å². The molecule has 0 aliphatic heterocycles. The zero-order chi connectivity index (χ0) is 21.7. The van der Waals surface area contributed by atoms with E-state index in [4.69, 9.17) is 20.7 Å². The molecule has 0 fully saturated rings. The predicted octanol–water partition coefficient (Wildman–Crippen LogP) is 2.51. The summed E-state index contributed by atoms with van der Waals surface area (Å²) in [5.41, 5.74) is 13.0. The number of hydrogen-bond donors (Lipinski definition) is 2. The van der Waals surface area contributed by atoms with Crippen molar-refractivity contribution in [2.45, 2.75) is 0 Å². The van der Waals surface area contributed by atoms with Gasteiger partial charge in [0.15, 0.2) is 5.84 Å². The summed E-state index contributed by atoms with van der Waals surface area (Å²) >= 11 is 0. The second kappa shape index (κ2) is 8.86. The average Bonchev–Trinajstić information content (AvgIpc) is 3.23. The Hall–Kier alpha value is -4.21. The van der Waals surface area contributed by atoms with Gasteiger partial charge in [0.05, 0.1) is 7.11 Å². The van der Waals surface area contributed by atoms with Crippen LogP contribution in [0.5, 0.6) is 5.75 Å². The molecule has 9 nitrogen and oxygen atoms in total. The largest absolute Gasteiger partial charge is 0.497 e. The van der Waals surface area contributed by atoms with Crippen molar-refractivity contribution in [2.75, 3.05) is 19.1 Å². The van der Waals surface area contributed by atoms with Crippen LogP contribution in [0.15, 0.2) is 75.4 Å². The van der Waals surface area contributed by atoms with Gasteiger partial charge >= 0.3 is 0 Å². The molecule has 10 heteroatoms. The standard InChI is InChI=1S/C20H20FN7O2/c1-12(28(2)15-8-5-7-14(21)11-15)24-20(23)25-17(22)18-26-19(30-27-18)13-6-4-9-16(10-13)29-3/h4-11H,1H2,2-3H3,(H4,22,23,24,25). The summed E-state index contributed by atoms with van der Waals surface area (Å²) in [6.07, 6.45) is 0. The summed E-state index contributed by atoms with van der Waals surface area (Å²) in [4.78, 5) is 13.8. The predicted molar refractivity (Wildman–Crippen MR) is 113 cm³/mol. The Morgan fingerprint density at radius 3 is 2.67 bits per heavy atom. The van der Waals surface area contributed by atoms with Crippen LogP contribution in [-0.2, 0) is 0 Å². The summed E-state index contributed by atoms with van der Waals surface area (Å²) < 4.78 is 23.8. The van der Waals surface area contributed by atoms with Gasteiger partial charge in [0.1, 0.15) is 17.4 Å². The molecule has 0 radical (unpaired) electrons. The van der Waals surface area contributed by atoms with E-state index in [1.807, 2.05) is 0 Å². The van der Waals surface area contributed by atoms with Crippen LogP contribution in [0.3, 0.4) is 0 Å². The average molecular weight is 409 g/mol. The number of hydrogen-bond acceptors (Lipinski definition) is 6. The van der Waals surface area contributed by atoms with Crippen molar-refractivity contribution in [3.8, 4) is 17.2 Å². The van der Waals surface area contributed by atoms with E-state index in [2.05, 4.69) is 26.7 Å². The van der Waals surface area contributed by atoms with E-state index in [-0.39, 0.29) is 35.1 Å². The number of benzene rings is 2. The molecule has 2 aromatic carbocycles. The maximum Gasteiger partial charge on any atom is 0.258 e. The monoisotopic (exact) mass is 409 g/mol. The van der Waals surface area contributed by atoms with Gasteiger partial charge < -0.3 is 25.6 Å². The number of anilines is 1. The third-order valence-corrected chi connectivity index (χ3v) is 4.03. The number of guanidine groups is 1. The molecule has 1 aromatic heterocycles. The first-order valence-corrected chi connectivity index (χ1v) is 8.72. The molecule has 3 aromatic rings. The minimum Gasteiger partial charge on any atom is -0.497 e. The Balaban J connectivity index is 1.76. The lowest BCUT2D eigenvalue weighted by molar-refractivity contribution is 0.413. The van der Waals surface area contributed by atoms with E-state index in [0.717, 1.165) is 0 Å². The number of rotatable bonds is 6. The van der Waals surface area contributed by atoms with Crippen LogP contribution in [0.25, 0.3) is 11.5 Å².